The van der Waals surface area contributed by atoms with Gasteiger partial charge in [0.15, 0.2) is 0 Å². The molecule has 1 aromatic carbocycles. The van der Waals surface area contributed by atoms with E-state index < -0.39 is 0 Å². The SMILES string of the molecule is CCC.CCc1ccc(C)cc1C. The van der Waals surface area contributed by atoms with Crippen molar-refractivity contribution in [1.82, 2.24) is 0 Å². The Morgan fingerprint density at radius 3 is 1.92 bits per heavy atom. The first-order valence-electron chi connectivity index (χ1n) is 5.21. The molecule has 0 fully saturated rings. The van der Waals surface area contributed by atoms with Crippen molar-refractivity contribution < 1.29 is 0 Å². The van der Waals surface area contributed by atoms with Gasteiger partial charge in [-0.15, -0.1) is 0 Å². The highest BCUT2D eigenvalue weighted by atomic mass is 14.0. The number of hydrogen-bond acceptors (Lipinski definition) is 0. The lowest BCUT2D eigenvalue weighted by molar-refractivity contribution is 1.09. The Hall–Kier alpha value is -0.780. The lowest BCUT2D eigenvalue weighted by atomic mass is 10.0. The summed E-state index contributed by atoms with van der Waals surface area (Å²) < 4.78 is 0. The van der Waals surface area contributed by atoms with Crippen molar-refractivity contribution >= 4 is 0 Å². The number of hydrogen-bond donors (Lipinski definition) is 0. The molecule has 0 atom stereocenters. The van der Waals surface area contributed by atoms with E-state index in [1.54, 1.807) is 0 Å². The molecule has 1 aromatic rings. The van der Waals surface area contributed by atoms with Crippen LogP contribution in [-0.4, -0.2) is 0 Å². The van der Waals surface area contributed by atoms with E-state index in [0.29, 0.717) is 0 Å². The van der Waals surface area contributed by atoms with Gasteiger partial charge in [-0.3, -0.25) is 0 Å². The van der Waals surface area contributed by atoms with Crippen molar-refractivity contribution in [2.75, 3.05) is 0 Å². The summed E-state index contributed by atoms with van der Waals surface area (Å²) in [7, 11) is 0. The maximum atomic E-state index is 2.23. The first-order chi connectivity index (χ1) is 6.15. The maximum Gasteiger partial charge on any atom is -0.0305 e. The van der Waals surface area contributed by atoms with Crippen LogP contribution in [0.1, 0.15) is 43.9 Å². The Bertz CT molecular complexity index is 236. The zero-order valence-electron chi connectivity index (χ0n) is 9.65. The molecule has 0 saturated heterocycles. The molecule has 0 spiro atoms. The minimum absolute atomic E-state index is 1.14. The molecule has 0 heteroatoms. The van der Waals surface area contributed by atoms with Crippen LogP contribution >= 0.6 is 0 Å². The third kappa shape index (κ3) is 4.72. The molecule has 13 heavy (non-hydrogen) atoms. The van der Waals surface area contributed by atoms with Crippen LogP contribution in [0.4, 0.5) is 0 Å². The topological polar surface area (TPSA) is 0 Å². The van der Waals surface area contributed by atoms with E-state index in [4.69, 9.17) is 0 Å². The van der Waals surface area contributed by atoms with E-state index in [1.165, 1.54) is 23.1 Å². The van der Waals surface area contributed by atoms with Gasteiger partial charge in [-0.1, -0.05) is 51.0 Å². The zero-order valence-corrected chi connectivity index (χ0v) is 9.65. The molecule has 0 N–H and O–H groups in total. The van der Waals surface area contributed by atoms with Crippen LogP contribution < -0.4 is 0 Å². The predicted octanol–water partition coefficient (Wildman–Crippen LogP) is 4.28. The van der Waals surface area contributed by atoms with Crippen LogP contribution in [0.3, 0.4) is 0 Å². The second-order valence-corrected chi connectivity index (χ2v) is 3.49. The third-order valence-electron chi connectivity index (χ3n) is 1.88. The van der Waals surface area contributed by atoms with E-state index in [0.717, 1.165) is 6.42 Å². The molecular weight excluding hydrogens is 156 g/mol. The van der Waals surface area contributed by atoms with Gasteiger partial charge in [0, 0.05) is 0 Å². The van der Waals surface area contributed by atoms with Crippen LogP contribution in [0.15, 0.2) is 18.2 Å². The highest BCUT2D eigenvalue weighted by Gasteiger charge is 1.93. The summed E-state index contributed by atoms with van der Waals surface area (Å²) in [6.45, 7) is 10.7. The molecule has 0 radical (unpaired) electrons. The lowest BCUT2D eigenvalue weighted by Crippen LogP contribution is -1.85. The van der Waals surface area contributed by atoms with Gasteiger partial charge in [0.2, 0.25) is 0 Å². The Morgan fingerprint density at radius 1 is 1.00 bits per heavy atom. The molecule has 0 bridgehead atoms. The summed E-state index contributed by atoms with van der Waals surface area (Å²) in [6.07, 6.45) is 2.39. The van der Waals surface area contributed by atoms with Gasteiger partial charge >= 0.3 is 0 Å². The standard InChI is InChI=1S/C10H14.C3H8/c1-4-10-6-5-8(2)7-9(10)3;1-3-2/h5-7H,4H2,1-3H3;3H2,1-2H3. The van der Waals surface area contributed by atoms with Crippen molar-refractivity contribution in [2.45, 2.75) is 47.5 Å². The van der Waals surface area contributed by atoms with Crippen LogP contribution in [-0.2, 0) is 6.42 Å². The smallest absolute Gasteiger partial charge is 0.0305 e. The molecule has 0 aromatic heterocycles. The Balaban J connectivity index is 0.000000424. The second-order valence-electron chi connectivity index (χ2n) is 3.49. The largest absolute Gasteiger partial charge is 0.0656 e. The summed E-state index contributed by atoms with van der Waals surface area (Å²) in [5, 5.41) is 0. The van der Waals surface area contributed by atoms with Crippen molar-refractivity contribution in [3.05, 3.63) is 34.9 Å². The van der Waals surface area contributed by atoms with Crippen molar-refractivity contribution in [3.8, 4) is 0 Å². The average Bonchev–Trinajstić information content (AvgIpc) is 2.06. The van der Waals surface area contributed by atoms with E-state index >= 15 is 0 Å². The molecule has 0 unspecified atom stereocenters. The molecule has 1 rings (SSSR count). The fourth-order valence-corrected chi connectivity index (χ4v) is 1.24. The normalized spacial score (nSPS) is 9.00. The molecule has 0 heterocycles. The Labute approximate surface area is 83.0 Å². The van der Waals surface area contributed by atoms with Crippen molar-refractivity contribution in [1.29, 1.82) is 0 Å². The van der Waals surface area contributed by atoms with Crippen LogP contribution in [0.5, 0.6) is 0 Å². The summed E-state index contributed by atoms with van der Waals surface area (Å²) >= 11 is 0. The first kappa shape index (κ1) is 12.2. The summed E-state index contributed by atoms with van der Waals surface area (Å²) in [5.74, 6) is 0. The van der Waals surface area contributed by atoms with Gasteiger partial charge in [0.1, 0.15) is 0 Å². The van der Waals surface area contributed by atoms with Gasteiger partial charge in [0.05, 0.1) is 0 Å². The van der Waals surface area contributed by atoms with Gasteiger partial charge in [-0.25, -0.2) is 0 Å². The summed E-state index contributed by atoms with van der Waals surface area (Å²) in [5.41, 5.74) is 4.24. The molecule has 0 aliphatic heterocycles. The summed E-state index contributed by atoms with van der Waals surface area (Å²) in [4.78, 5) is 0. The second kappa shape index (κ2) is 6.71. The monoisotopic (exact) mass is 178 g/mol. The molecule has 0 saturated carbocycles. The first-order valence-corrected chi connectivity index (χ1v) is 5.21. The van der Waals surface area contributed by atoms with Crippen molar-refractivity contribution in [3.63, 3.8) is 0 Å². The van der Waals surface area contributed by atoms with E-state index in [2.05, 4.69) is 52.8 Å². The molecule has 0 amide bonds. The number of aryl methyl sites for hydroxylation is 3. The van der Waals surface area contributed by atoms with Crippen LogP contribution in [0, 0.1) is 13.8 Å². The van der Waals surface area contributed by atoms with Gasteiger partial charge in [-0.2, -0.15) is 0 Å². The molecule has 0 nitrogen and oxygen atoms in total. The van der Waals surface area contributed by atoms with E-state index in [-0.39, 0.29) is 0 Å². The Morgan fingerprint density at radius 2 is 1.54 bits per heavy atom. The minimum atomic E-state index is 1.14. The van der Waals surface area contributed by atoms with Gasteiger partial charge < -0.3 is 0 Å². The molecule has 0 aliphatic carbocycles. The average molecular weight is 178 g/mol. The molecular formula is C13H22. The van der Waals surface area contributed by atoms with Gasteiger partial charge in [-0.05, 0) is 31.4 Å². The number of benzene rings is 1. The van der Waals surface area contributed by atoms with Crippen LogP contribution in [0.2, 0.25) is 0 Å². The highest BCUT2D eigenvalue weighted by Crippen LogP contribution is 2.10. The van der Waals surface area contributed by atoms with E-state index in [9.17, 15) is 0 Å². The summed E-state index contributed by atoms with van der Waals surface area (Å²) in [6, 6.07) is 6.62. The lowest BCUT2D eigenvalue weighted by Gasteiger charge is -2.02. The van der Waals surface area contributed by atoms with Crippen molar-refractivity contribution in [2.24, 2.45) is 0 Å². The van der Waals surface area contributed by atoms with Gasteiger partial charge in [0.25, 0.3) is 0 Å². The fraction of sp³-hybridized carbons (Fsp3) is 0.538. The van der Waals surface area contributed by atoms with Crippen LogP contribution in [0.25, 0.3) is 0 Å². The van der Waals surface area contributed by atoms with E-state index in [1.807, 2.05) is 0 Å². The molecule has 74 valence electrons. The maximum absolute atomic E-state index is 2.23. The third-order valence-corrected chi connectivity index (χ3v) is 1.88. The Kier molecular flexibility index (Phi) is 6.30. The predicted molar refractivity (Wildman–Crippen MR) is 61.3 cm³/mol. The fourth-order valence-electron chi connectivity index (χ4n) is 1.24. The quantitative estimate of drug-likeness (QED) is 0.602. The number of rotatable bonds is 1. The minimum Gasteiger partial charge on any atom is -0.0656 e. The highest BCUT2D eigenvalue weighted by molar-refractivity contribution is 5.30. The zero-order chi connectivity index (χ0) is 10.3. The molecule has 0 aliphatic rings.